The Hall–Kier alpha value is -0.0800. The summed E-state index contributed by atoms with van der Waals surface area (Å²) >= 11 is 0. The van der Waals surface area contributed by atoms with Gasteiger partial charge in [-0.3, -0.25) is 0 Å². The molecule has 3 unspecified atom stereocenters. The maximum absolute atomic E-state index is 6.18. The predicted octanol–water partition coefficient (Wildman–Crippen LogP) is 2.33. The Morgan fingerprint density at radius 2 is 2.36 bits per heavy atom. The molecule has 2 rings (SSSR count). The molecule has 1 heterocycles. The highest BCUT2D eigenvalue weighted by atomic mass is 16.5. The molecule has 2 aliphatic rings. The van der Waals surface area contributed by atoms with Crippen molar-refractivity contribution in [3.8, 4) is 0 Å². The highest BCUT2D eigenvalue weighted by Crippen LogP contribution is 2.38. The lowest BCUT2D eigenvalue weighted by Crippen LogP contribution is -2.55. The topological polar surface area (TPSA) is 21.3 Å². The van der Waals surface area contributed by atoms with Crippen LogP contribution in [0.4, 0.5) is 0 Å². The van der Waals surface area contributed by atoms with Gasteiger partial charge in [-0.1, -0.05) is 26.2 Å². The summed E-state index contributed by atoms with van der Waals surface area (Å²) in [6.45, 7) is 6.60. The molecule has 0 aromatic carbocycles. The minimum absolute atomic E-state index is 0.191. The van der Waals surface area contributed by atoms with Crippen molar-refractivity contribution in [1.29, 1.82) is 0 Å². The van der Waals surface area contributed by atoms with E-state index in [4.69, 9.17) is 4.74 Å². The van der Waals surface area contributed by atoms with Gasteiger partial charge in [0.15, 0.2) is 0 Å². The maximum Gasteiger partial charge on any atom is 0.0813 e. The van der Waals surface area contributed by atoms with Crippen LogP contribution in [0.15, 0.2) is 0 Å². The molecule has 1 saturated carbocycles. The molecule has 82 valence electrons. The van der Waals surface area contributed by atoms with E-state index in [0.717, 1.165) is 19.0 Å². The van der Waals surface area contributed by atoms with Crippen LogP contribution in [0, 0.1) is 5.92 Å². The van der Waals surface area contributed by atoms with E-state index in [1.165, 1.54) is 32.1 Å². The van der Waals surface area contributed by atoms with Crippen LogP contribution >= 0.6 is 0 Å². The Morgan fingerprint density at radius 3 is 3.07 bits per heavy atom. The van der Waals surface area contributed by atoms with Crippen LogP contribution < -0.4 is 5.32 Å². The standard InChI is InChI=1S/C12H23NO/c1-3-11-5-4-6-12(7-11)9-13-8-10(2)14-12/h10-11,13H,3-9H2,1-2H3. The van der Waals surface area contributed by atoms with Crippen LogP contribution in [0.1, 0.15) is 46.0 Å². The number of hydrogen-bond acceptors (Lipinski definition) is 2. The SMILES string of the molecule is CCC1CCCC2(CNCC(C)O2)C1. The second kappa shape index (κ2) is 4.19. The fourth-order valence-electron chi connectivity index (χ4n) is 3.07. The third-order valence-corrected chi connectivity index (χ3v) is 3.81. The van der Waals surface area contributed by atoms with E-state index < -0.39 is 0 Å². The average molecular weight is 197 g/mol. The summed E-state index contributed by atoms with van der Waals surface area (Å²) in [7, 11) is 0. The Balaban J connectivity index is 1.99. The zero-order valence-corrected chi connectivity index (χ0v) is 9.51. The highest BCUT2D eigenvalue weighted by Gasteiger charge is 2.39. The van der Waals surface area contributed by atoms with Crippen molar-refractivity contribution in [3.63, 3.8) is 0 Å². The van der Waals surface area contributed by atoms with Crippen LogP contribution in [-0.2, 0) is 4.74 Å². The molecule has 1 aliphatic heterocycles. The summed E-state index contributed by atoms with van der Waals surface area (Å²) in [5.41, 5.74) is 0.191. The molecule has 0 bridgehead atoms. The first-order valence-electron chi connectivity index (χ1n) is 6.13. The summed E-state index contributed by atoms with van der Waals surface area (Å²) in [6.07, 6.45) is 7.03. The average Bonchev–Trinajstić information content (AvgIpc) is 2.17. The van der Waals surface area contributed by atoms with E-state index in [1.807, 2.05) is 0 Å². The normalized spacial score (nSPS) is 44.1. The van der Waals surface area contributed by atoms with E-state index in [0.29, 0.717) is 6.10 Å². The molecule has 1 saturated heterocycles. The molecular weight excluding hydrogens is 174 g/mol. The van der Waals surface area contributed by atoms with Gasteiger partial charge in [0.2, 0.25) is 0 Å². The molecule has 0 amide bonds. The van der Waals surface area contributed by atoms with Crippen molar-refractivity contribution >= 4 is 0 Å². The molecule has 0 aromatic heterocycles. The van der Waals surface area contributed by atoms with Gasteiger partial charge in [0.05, 0.1) is 11.7 Å². The van der Waals surface area contributed by atoms with Gasteiger partial charge in [-0.05, 0) is 25.7 Å². The molecule has 0 radical (unpaired) electrons. The van der Waals surface area contributed by atoms with Gasteiger partial charge in [-0.15, -0.1) is 0 Å². The molecule has 2 fully saturated rings. The summed E-state index contributed by atoms with van der Waals surface area (Å²) < 4.78 is 6.18. The highest BCUT2D eigenvalue weighted by molar-refractivity contribution is 4.93. The van der Waals surface area contributed by atoms with Gasteiger partial charge in [0.25, 0.3) is 0 Å². The molecule has 0 aromatic rings. The van der Waals surface area contributed by atoms with Crippen molar-refractivity contribution in [3.05, 3.63) is 0 Å². The maximum atomic E-state index is 6.18. The van der Waals surface area contributed by atoms with Gasteiger partial charge in [0, 0.05) is 13.1 Å². The monoisotopic (exact) mass is 197 g/mol. The summed E-state index contributed by atoms with van der Waals surface area (Å²) in [6, 6.07) is 0. The molecular formula is C12H23NO. The van der Waals surface area contributed by atoms with E-state index >= 15 is 0 Å². The van der Waals surface area contributed by atoms with Gasteiger partial charge < -0.3 is 10.1 Å². The third kappa shape index (κ3) is 2.12. The van der Waals surface area contributed by atoms with E-state index in [2.05, 4.69) is 19.2 Å². The lowest BCUT2D eigenvalue weighted by atomic mass is 9.76. The quantitative estimate of drug-likeness (QED) is 0.696. The summed E-state index contributed by atoms with van der Waals surface area (Å²) in [4.78, 5) is 0. The second-order valence-corrected chi connectivity index (χ2v) is 5.11. The van der Waals surface area contributed by atoms with Crippen molar-refractivity contribution in [1.82, 2.24) is 5.32 Å². The zero-order valence-electron chi connectivity index (χ0n) is 9.51. The number of nitrogens with one attached hydrogen (secondary N) is 1. The van der Waals surface area contributed by atoms with Crippen LogP contribution in [0.25, 0.3) is 0 Å². The van der Waals surface area contributed by atoms with Gasteiger partial charge in [-0.25, -0.2) is 0 Å². The van der Waals surface area contributed by atoms with Crippen LogP contribution in [-0.4, -0.2) is 24.8 Å². The minimum Gasteiger partial charge on any atom is -0.369 e. The van der Waals surface area contributed by atoms with Crippen molar-refractivity contribution in [2.24, 2.45) is 5.92 Å². The number of rotatable bonds is 1. The Morgan fingerprint density at radius 1 is 1.50 bits per heavy atom. The molecule has 1 spiro atoms. The third-order valence-electron chi connectivity index (χ3n) is 3.81. The van der Waals surface area contributed by atoms with E-state index in [9.17, 15) is 0 Å². The molecule has 2 nitrogen and oxygen atoms in total. The van der Waals surface area contributed by atoms with Crippen LogP contribution in [0.2, 0.25) is 0 Å². The first-order chi connectivity index (χ1) is 6.74. The zero-order chi connectivity index (χ0) is 10.0. The lowest BCUT2D eigenvalue weighted by Gasteiger charge is -2.45. The Labute approximate surface area is 87.4 Å². The van der Waals surface area contributed by atoms with Gasteiger partial charge in [0.1, 0.15) is 0 Å². The molecule has 14 heavy (non-hydrogen) atoms. The molecule has 1 N–H and O–H groups in total. The first-order valence-corrected chi connectivity index (χ1v) is 6.13. The molecule has 1 aliphatic carbocycles. The second-order valence-electron chi connectivity index (χ2n) is 5.11. The number of hydrogen-bond donors (Lipinski definition) is 1. The van der Waals surface area contributed by atoms with Gasteiger partial charge >= 0.3 is 0 Å². The largest absolute Gasteiger partial charge is 0.369 e. The van der Waals surface area contributed by atoms with Crippen molar-refractivity contribution in [2.75, 3.05) is 13.1 Å². The predicted molar refractivity (Wildman–Crippen MR) is 58.4 cm³/mol. The fourth-order valence-corrected chi connectivity index (χ4v) is 3.07. The smallest absolute Gasteiger partial charge is 0.0813 e. The van der Waals surface area contributed by atoms with Crippen LogP contribution in [0.3, 0.4) is 0 Å². The van der Waals surface area contributed by atoms with Crippen molar-refractivity contribution in [2.45, 2.75) is 57.7 Å². The summed E-state index contributed by atoms with van der Waals surface area (Å²) in [5, 5.41) is 3.51. The first kappa shape index (κ1) is 10.4. The Kier molecular flexibility index (Phi) is 3.13. The fraction of sp³-hybridized carbons (Fsp3) is 1.00. The summed E-state index contributed by atoms with van der Waals surface area (Å²) in [5.74, 6) is 0.899. The lowest BCUT2D eigenvalue weighted by molar-refractivity contribution is -0.136. The van der Waals surface area contributed by atoms with E-state index in [-0.39, 0.29) is 5.60 Å². The Bertz CT molecular complexity index is 191. The van der Waals surface area contributed by atoms with Crippen LogP contribution in [0.5, 0.6) is 0 Å². The molecule has 2 heteroatoms. The van der Waals surface area contributed by atoms with E-state index in [1.54, 1.807) is 0 Å². The molecule has 3 atom stereocenters. The number of ether oxygens (including phenoxy) is 1. The number of morpholine rings is 1. The van der Waals surface area contributed by atoms with Gasteiger partial charge in [-0.2, -0.15) is 0 Å². The van der Waals surface area contributed by atoms with Crippen molar-refractivity contribution < 1.29 is 4.74 Å². The minimum atomic E-state index is 0.191.